The lowest BCUT2D eigenvalue weighted by molar-refractivity contribution is -0.142. The van der Waals surface area contributed by atoms with Gasteiger partial charge in [-0.05, 0) is 30.5 Å². The van der Waals surface area contributed by atoms with Crippen LogP contribution in [0.3, 0.4) is 0 Å². The number of thiazole rings is 1. The van der Waals surface area contributed by atoms with Crippen LogP contribution in [0.4, 0.5) is 14.5 Å². The molecule has 0 saturated carbocycles. The van der Waals surface area contributed by atoms with E-state index in [4.69, 9.17) is 16.3 Å². The average Bonchev–Trinajstić information content (AvgIpc) is 3.35. The van der Waals surface area contributed by atoms with E-state index in [-0.39, 0.29) is 24.5 Å². The molecule has 1 aliphatic heterocycles. The highest BCUT2D eigenvalue weighted by atomic mass is 35.5. The lowest BCUT2D eigenvalue weighted by atomic mass is 10.1. The third kappa shape index (κ3) is 6.18. The lowest BCUT2D eigenvalue weighted by Gasteiger charge is -2.35. The third-order valence-corrected chi connectivity index (χ3v) is 8.87. The zero-order chi connectivity index (χ0) is 27.6. The number of rotatable bonds is 7. The Kier molecular flexibility index (Phi) is 8.43. The molecule has 4 rings (SSSR count). The van der Waals surface area contributed by atoms with Crippen LogP contribution in [0.2, 0.25) is 5.02 Å². The monoisotopic (exact) mass is 584 g/mol. The van der Waals surface area contributed by atoms with Gasteiger partial charge in [0.15, 0.2) is 11.6 Å². The van der Waals surface area contributed by atoms with Crippen LogP contribution in [0.15, 0.2) is 42.6 Å². The third-order valence-electron chi connectivity index (χ3n) is 5.84. The van der Waals surface area contributed by atoms with E-state index in [0.717, 1.165) is 32.4 Å². The summed E-state index contributed by atoms with van der Waals surface area (Å²) in [5.74, 6) is -3.56. The highest BCUT2D eigenvalue weighted by Crippen LogP contribution is 2.35. The first kappa shape index (κ1) is 28.0. The summed E-state index contributed by atoms with van der Waals surface area (Å²) in [6.07, 6.45) is 1.79. The Morgan fingerprint density at radius 1 is 1.26 bits per heavy atom. The van der Waals surface area contributed by atoms with Crippen LogP contribution < -0.4 is 10.0 Å². The number of nitrogens with one attached hydrogen (secondary N) is 2. The second-order valence-corrected chi connectivity index (χ2v) is 11.7. The zero-order valence-electron chi connectivity index (χ0n) is 20.2. The van der Waals surface area contributed by atoms with Crippen molar-refractivity contribution in [2.45, 2.75) is 31.8 Å². The van der Waals surface area contributed by atoms with E-state index in [9.17, 15) is 26.8 Å². The van der Waals surface area contributed by atoms with Crippen molar-refractivity contribution in [2.75, 3.05) is 19.0 Å². The molecule has 2 aromatic carbocycles. The molecule has 0 aliphatic carbocycles. The molecular formula is C24H23ClF2N4O5S2. The predicted octanol–water partition coefficient (Wildman–Crippen LogP) is 4.07. The number of halogens is 3. The Balaban J connectivity index is 1.51. The molecule has 2 atom stereocenters. The van der Waals surface area contributed by atoms with E-state index in [1.165, 1.54) is 18.4 Å². The summed E-state index contributed by atoms with van der Waals surface area (Å²) in [6, 6.07) is 7.09. The fraction of sp³-hybridized carbons (Fsp3) is 0.292. The number of nitrogens with zero attached hydrogens (tertiary/aromatic N) is 2. The zero-order valence-corrected chi connectivity index (χ0v) is 22.6. The fourth-order valence-electron chi connectivity index (χ4n) is 3.87. The summed E-state index contributed by atoms with van der Waals surface area (Å²) >= 11 is 6.91. The molecule has 38 heavy (non-hydrogen) atoms. The number of likely N-dealkylation sites (N-methyl/N-ethyl adjacent to an activating group) is 1. The Morgan fingerprint density at radius 2 is 1.97 bits per heavy atom. The minimum Gasteiger partial charge on any atom is -0.466 e. The summed E-state index contributed by atoms with van der Waals surface area (Å²) in [4.78, 5) is 29.8. The standard InChI is InChI=1S/C24H23ClF2N4O5S2/c1-3-36-21(32)8-13-4-6-14(7-5-13)20-12-28-24(37-20)18-11-19(31(2)38(34,35)30-18)23(33)29-15-9-16(25)22(27)17(26)10-15/h4-7,9-10,12,18-19,30H,3,8,11H2,1-2H3,(H,29,33). The van der Waals surface area contributed by atoms with Gasteiger partial charge >= 0.3 is 5.97 Å². The summed E-state index contributed by atoms with van der Waals surface area (Å²) < 4.78 is 61.1. The SMILES string of the molecule is CCOC(=O)Cc1ccc(-c2cnc(C3CC(C(=O)Nc4cc(F)c(F)c(Cl)c4)N(C)S(=O)(=O)N3)s2)cc1. The first-order valence-electron chi connectivity index (χ1n) is 11.4. The lowest BCUT2D eigenvalue weighted by Crippen LogP contribution is -2.55. The molecule has 0 spiro atoms. The summed E-state index contributed by atoms with van der Waals surface area (Å²) in [6.45, 7) is 2.05. The Labute approximate surface area is 227 Å². The molecule has 1 saturated heterocycles. The minimum absolute atomic E-state index is 0.0321. The number of anilines is 1. The molecule has 14 heteroatoms. The quantitative estimate of drug-likeness (QED) is 0.319. The van der Waals surface area contributed by atoms with Crippen molar-refractivity contribution < 1.29 is 31.5 Å². The van der Waals surface area contributed by atoms with Gasteiger partial charge in [-0.15, -0.1) is 11.3 Å². The summed E-state index contributed by atoms with van der Waals surface area (Å²) in [5, 5.41) is 2.33. The number of hydrogen-bond acceptors (Lipinski definition) is 7. The number of benzene rings is 2. The van der Waals surface area contributed by atoms with Crippen LogP contribution >= 0.6 is 22.9 Å². The fourth-order valence-corrected chi connectivity index (χ4v) is 6.39. The molecule has 202 valence electrons. The van der Waals surface area contributed by atoms with E-state index < -0.39 is 44.9 Å². The predicted molar refractivity (Wildman–Crippen MR) is 139 cm³/mol. The van der Waals surface area contributed by atoms with Crippen LogP contribution in [0.5, 0.6) is 0 Å². The molecule has 2 heterocycles. The highest BCUT2D eigenvalue weighted by Gasteiger charge is 2.41. The molecule has 0 bridgehead atoms. The number of aromatic nitrogens is 1. The molecular weight excluding hydrogens is 562 g/mol. The van der Waals surface area contributed by atoms with Gasteiger partial charge in [0.2, 0.25) is 5.91 Å². The van der Waals surface area contributed by atoms with E-state index in [1.807, 2.05) is 12.1 Å². The first-order valence-corrected chi connectivity index (χ1v) is 14.0. The number of carbonyl (C=O) groups is 2. The number of amides is 1. The number of esters is 1. The van der Waals surface area contributed by atoms with Gasteiger partial charge in [0.05, 0.1) is 29.0 Å². The van der Waals surface area contributed by atoms with Crippen LogP contribution in [-0.2, 0) is 31.0 Å². The van der Waals surface area contributed by atoms with Gasteiger partial charge in [0.1, 0.15) is 11.0 Å². The van der Waals surface area contributed by atoms with Crippen molar-refractivity contribution in [1.29, 1.82) is 0 Å². The van der Waals surface area contributed by atoms with Gasteiger partial charge in [0.25, 0.3) is 10.2 Å². The van der Waals surface area contributed by atoms with Gasteiger partial charge in [0, 0.05) is 25.0 Å². The minimum atomic E-state index is -4.06. The van der Waals surface area contributed by atoms with Crippen molar-refractivity contribution in [3.05, 3.63) is 69.8 Å². The highest BCUT2D eigenvalue weighted by molar-refractivity contribution is 7.87. The van der Waals surface area contributed by atoms with Gasteiger partial charge in [-0.1, -0.05) is 35.9 Å². The van der Waals surface area contributed by atoms with Gasteiger partial charge in [-0.3, -0.25) is 9.59 Å². The number of ether oxygens (including phenoxy) is 1. The van der Waals surface area contributed by atoms with Crippen molar-refractivity contribution in [3.8, 4) is 10.4 Å². The molecule has 2 N–H and O–H groups in total. The normalized spacial score (nSPS) is 19.2. The molecule has 2 unspecified atom stereocenters. The smallest absolute Gasteiger partial charge is 0.310 e. The maximum atomic E-state index is 13.7. The van der Waals surface area contributed by atoms with Gasteiger partial charge in [-0.25, -0.2) is 13.8 Å². The van der Waals surface area contributed by atoms with Crippen molar-refractivity contribution in [2.24, 2.45) is 0 Å². The first-order chi connectivity index (χ1) is 18.0. The molecule has 1 fully saturated rings. The van der Waals surface area contributed by atoms with E-state index in [0.29, 0.717) is 11.6 Å². The summed E-state index contributed by atoms with van der Waals surface area (Å²) in [5.41, 5.74) is 1.50. The maximum Gasteiger partial charge on any atom is 0.310 e. The van der Waals surface area contributed by atoms with Crippen molar-refractivity contribution in [1.82, 2.24) is 14.0 Å². The molecule has 1 amide bonds. The van der Waals surface area contributed by atoms with Crippen LogP contribution in [0.25, 0.3) is 10.4 Å². The second kappa shape index (κ2) is 11.4. The summed E-state index contributed by atoms with van der Waals surface area (Å²) in [7, 11) is -2.82. The molecule has 0 radical (unpaired) electrons. The molecule has 9 nitrogen and oxygen atoms in total. The van der Waals surface area contributed by atoms with E-state index >= 15 is 0 Å². The van der Waals surface area contributed by atoms with Crippen molar-refractivity contribution >= 4 is 50.7 Å². The Morgan fingerprint density at radius 3 is 2.63 bits per heavy atom. The molecule has 1 aliphatic rings. The van der Waals surface area contributed by atoms with Gasteiger partial charge in [-0.2, -0.15) is 17.4 Å². The number of carbonyl (C=O) groups excluding carboxylic acids is 2. The molecule has 3 aromatic rings. The van der Waals surface area contributed by atoms with Gasteiger partial charge < -0.3 is 10.1 Å². The maximum absolute atomic E-state index is 13.7. The average molecular weight is 585 g/mol. The second-order valence-electron chi connectivity index (χ2n) is 8.43. The van der Waals surface area contributed by atoms with Crippen LogP contribution in [0, 0.1) is 11.6 Å². The van der Waals surface area contributed by atoms with E-state index in [1.54, 1.807) is 25.3 Å². The van der Waals surface area contributed by atoms with E-state index in [2.05, 4.69) is 15.0 Å². The Bertz CT molecular complexity index is 1440. The number of hydrogen-bond donors (Lipinski definition) is 2. The van der Waals surface area contributed by atoms with Crippen LogP contribution in [0.1, 0.15) is 30.0 Å². The van der Waals surface area contributed by atoms with Crippen molar-refractivity contribution in [3.63, 3.8) is 0 Å². The topological polar surface area (TPSA) is 118 Å². The van der Waals surface area contributed by atoms with Crippen LogP contribution in [-0.4, -0.2) is 49.3 Å². The molecule has 1 aromatic heterocycles. The Hall–Kier alpha value is -2.97. The largest absolute Gasteiger partial charge is 0.466 e.